The van der Waals surface area contributed by atoms with Gasteiger partial charge in [-0.3, -0.25) is 4.79 Å². The second kappa shape index (κ2) is 7.61. The average Bonchev–Trinajstić information content (AvgIpc) is 2.83. The number of hydrogen-bond donors (Lipinski definition) is 1. The number of likely N-dealkylation sites (tertiary alicyclic amines) is 1. The van der Waals surface area contributed by atoms with Crippen molar-refractivity contribution in [3.8, 4) is 0 Å². The van der Waals surface area contributed by atoms with E-state index in [4.69, 9.17) is 0 Å². The van der Waals surface area contributed by atoms with Gasteiger partial charge in [-0.25, -0.2) is 0 Å². The standard InChI is InChI=1S/C13H24N2OS.ClH/c1-10(2)3-4-17-9-13(16)15-7-11-5-14-6-12(11)8-15;/h10-12,14H,3-9H2,1-2H3;1H/t11-,12+;. The smallest absolute Gasteiger partial charge is 0.232 e. The maximum absolute atomic E-state index is 12.0. The molecule has 0 aliphatic carbocycles. The van der Waals surface area contributed by atoms with Crippen molar-refractivity contribution in [2.24, 2.45) is 17.8 Å². The Balaban J connectivity index is 0.00000162. The monoisotopic (exact) mass is 292 g/mol. The normalized spacial score (nSPS) is 26.3. The quantitative estimate of drug-likeness (QED) is 0.785. The van der Waals surface area contributed by atoms with Crippen LogP contribution in [0.5, 0.6) is 0 Å². The number of carbonyl (C=O) groups excluding carboxylic acids is 1. The lowest BCUT2D eigenvalue weighted by Gasteiger charge is -2.17. The first-order chi connectivity index (χ1) is 8.16. The van der Waals surface area contributed by atoms with Crippen LogP contribution in [-0.4, -0.2) is 48.5 Å². The Labute approximate surface area is 121 Å². The van der Waals surface area contributed by atoms with Crippen molar-refractivity contribution >= 4 is 30.1 Å². The van der Waals surface area contributed by atoms with E-state index in [9.17, 15) is 4.79 Å². The van der Waals surface area contributed by atoms with Crippen LogP contribution in [-0.2, 0) is 4.79 Å². The molecule has 0 aromatic carbocycles. The van der Waals surface area contributed by atoms with Crippen molar-refractivity contribution < 1.29 is 4.79 Å². The van der Waals surface area contributed by atoms with E-state index in [0.717, 1.165) is 49.7 Å². The molecule has 2 aliphatic heterocycles. The van der Waals surface area contributed by atoms with Crippen LogP contribution in [0.15, 0.2) is 0 Å². The summed E-state index contributed by atoms with van der Waals surface area (Å²) in [6.07, 6.45) is 1.22. The van der Waals surface area contributed by atoms with Gasteiger partial charge in [0.1, 0.15) is 0 Å². The van der Waals surface area contributed by atoms with Crippen molar-refractivity contribution in [1.29, 1.82) is 0 Å². The number of amides is 1. The fourth-order valence-electron chi connectivity index (χ4n) is 2.63. The van der Waals surface area contributed by atoms with E-state index in [1.807, 2.05) is 0 Å². The zero-order valence-electron chi connectivity index (χ0n) is 11.4. The van der Waals surface area contributed by atoms with Crippen LogP contribution in [0.2, 0.25) is 0 Å². The lowest BCUT2D eigenvalue weighted by atomic mass is 10.0. The summed E-state index contributed by atoms with van der Waals surface area (Å²) in [5.74, 6) is 4.34. The maximum atomic E-state index is 12.0. The molecule has 2 aliphatic rings. The van der Waals surface area contributed by atoms with Crippen molar-refractivity contribution in [2.75, 3.05) is 37.7 Å². The molecule has 0 bridgehead atoms. The first-order valence-electron chi connectivity index (χ1n) is 6.73. The van der Waals surface area contributed by atoms with Crippen molar-refractivity contribution in [3.63, 3.8) is 0 Å². The molecule has 0 unspecified atom stereocenters. The van der Waals surface area contributed by atoms with Crippen LogP contribution >= 0.6 is 24.2 Å². The van der Waals surface area contributed by atoms with Gasteiger partial charge in [0.25, 0.3) is 0 Å². The van der Waals surface area contributed by atoms with Crippen LogP contribution in [0.3, 0.4) is 0 Å². The molecule has 2 heterocycles. The van der Waals surface area contributed by atoms with Gasteiger partial charge in [0.15, 0.2) is 0 Å². The number of carbonyl (C=O) groups is 1. The third kappa shape index (κ3) is 4.32. The third-order valence-electron chi connectivity index (χ3n) is 3.81. The van der Waals surface area contributed by atoms with Gasteiger partial charge < -0.3 is 10.2 Å². The molecule has 3 nitrogen and oxygen atoms in total. The van der Waals surface area contributed by atoms with Gasteiger partial charge >= 0.3 is 0 Å². The minimum Gasteiger partial charge on any atom is -0.341 e. The van der Waals surface area contributed by atoms with Crippen LogP contribution in [0.4, 0.5) is 0 Å². The molecule has 0 saturated carbocycles. The summed E-state index contributed by atoms with van der Waals surface area (Å²) in [6, 6.07) is 0. The second-order valence-electron chi connectivity index (χ2n) is 5.71. The highest BCUT2D eigenvalue weighted by atomic mass is 35.5. The molecule has 0 spiro atoms. The maximum Gasteiger partial charge on any atom is 0.232 e. The van der Waals surface area contributed by atoms with Crippen LogP contribution < -0.4 is 5.32 Å². The lowest BCUT2D eigenvalue weighted by molar-refractivity contribution is -0.127. The van der Waals surface area contributed by atoms with E-state index < -0.39 is 0 Å². The highest BCUT2D eigenvalue weighted by Gasteiger charge is 2.37. The highest BCUT2D eigenvalue weighted by molar-refractivity contribution is 7.99. The van der Waals surface area contributed by atoms with E-state index in [2.05, 4.69) is 24.1 Å². The van der Waals surface area contributed by atoms with Gasteiger partial charge in [0.2, 0.25) is 5.91 Å². The summed E-state index contributed by atoms with van der Waals surface area (Å²) >= 11 is 1.80. The first-order valence-corrected chi connectivity index (χ1v) is 7.88. The number of nitrogens with zero attached hydrogens (tertiary/aromatic N) is 1. The van der Waals surface area contributed by atoms with Crippen molar-refractivity contribution in [2.45, 2.75) is 20.3 Å². The predicted molar refractivity (Wildman–Crippen MR) is 80.5 cm³/mol. The Morgan fingerprint density at radius 2 is 1.94 bits per heavy atom. The predicted octanol–water partition coefficient (Wildman–Crippen LogP) is 1.87. The SMILES string of the molecule is CC(C)CCSCC(=O)N1C[C@H]2CNC[C@H]2C1.Cl. The Hall–Kier alpha value is 0.0700. The average molecular weight is 293 g/mol. The molecule has 2 rings (SSSR count). The molecule has 106 valence electrons. The fraction of sp³-hybridized carbons (Fsp3) is 0.923. The summed E-state index contributed by atoms with van der Waals surface area (Å²) in [5.41, 5.74) is 0. The number of rotatable bonds is 5. The van der Waals surface area contributed by atoms with Crippen molar-refractivity contribution in [3.05, 3.63) is 0 Å². The fourth-order valence-corrected chi connectivity index (χ4v) is 3.77. The zero-order chi connectivity index (χ0) is 12.3. The summed E-state index contributed by atoms with van der Waals surface area (Å²) in [4.78, 5) is 14.1. The van der Waals surface area contributed by atoms with Gasteiger partial charge in [-0.05, 0) is 29.9 Å². The lowest BCUT2D eigenvalue weighted by Crippen LogP contribution is -2.33. The topological polar surface area (TPSA) is 32.3 Å². The molecule has 1 N–H and O–H groups in total. The van der Waals surface area contributed by atoms with Gasteiger partial charge in [-0.1, -0.05) is 13.8 Å². The highest BCUT2D eigenvalue weighted by Crippen LogP contribution is 2.26. The summed E-state index contributed by atoms with van der Waals surface area (Å²) in [7, 11) is 0. The Morgan fingerprint density at radius 1 is 1.33 bits per heavy atom. The Bertz CT molecular complexity index is 264. The zero-order valence-corrected chi connectivity index (χ0v) is 13.0. The van der Waals surface area contributed by atoms with Crippen LogP contribution in [0.25, 0.3) is 0 Å². The minimum absolute atomic E-state index is 0. The van der Waals surface area contributed by atoms with Crippen LogP contribution in [0, 0.1) is 17.8 Å². The van der Waals surface area contributed by atoms with Gasteiger partial charge in [-0.2, -0.15) is 11.8 Å². The molecule has 5 heteroatoms. The second-order valence-corrected chi connectivity index (χ2v) is 6.82. The molecule has 2 atom stereocenters. The molecule has 0 aromatic heterocycles. The van der Waals surface area contributed by atoms with E-state index in [-0.39, 0.29) is 12.4 Å². The van der Waals surface area contributed by atoms with Gasteiger partial charge in [-0.15, -0.1) is 12.4 Å². The molecular weight excluding hydrogens is 268 g/mol. The molecule has 1 amide bonds. The Kier molecular flexibility index (Phi) is 6.82. The summed E-state index contributed by atoms with van der Waals surface area (Å²) in [6.45, 7) is 8.65. The Morgan fingerprint density at radius 3 is 2.50 bits per heavy atom. The van der Waals surface area contributed by atoms with Gasteiger partial charge in [0.05, 0.1) is 5.75 Å². The van der Waals surface area contributed by atoms with Crippen molar-refractivity contribution in [1.82, 2.24) is 10.2 Å². The molecule has 2 fully saturated rings. The number of fused-ring (bicyclic) bond motifs is 1. The number of thioether (sulfide) groups is 1. The third-order valence-corrected chi connectivity index (χ3v) is 4.78. The molecule has 2 saturated heterocycles. The number of halogens is 1. The molecule has 18 heavy (non-hydrogen) atoms. The van der Waals surface area contributed by atoms with Crippen LogP contribution in [0.1, 0.15) is 20.3 Å². The minimum atomic E-state index is 0. The summed E-state index contributed by atoms with van der Waals surface area (Å²) < 4.78 is 0. The number of nitrogens with one attached hydrogen (secondary N) is 1. The molecular formula is C13H25ClN2OS. The van der Waals surface area contributed by atoms with E-state index >= 15 is 0 Å². The molecule has 0 radical (unpaired) electrons. The van der Waals surface area contributed by atoms with E-state index in [1.165, 1.54) is 6.42 Å². The number of hydrogen-bond acceptors (Lipinski definition) is 3. The molecule has 0 aromatic rings. The largest absolute Gasteiger partial charge is 0.341 e. The van der Waals surface area contributed by atoms with E-state index in [0.29, 0.717) is 11.7 Å². The van der Waals surface area contributed by atoms with Gasteiger partial charge in [0, 0.05) is 26.2 Å². The van der Waals surface area contributed by atoms with E-state index in [1.54, 1.807) is 11.8 Å². The summed E-state index contributed by atoms with van der Waals surface area (Å²) in [5, 5.41) is 3.41. The first kappa shape index (κ1) is 16.1.